The Balaban J connectivity index is 2.11. The molecule has 1 aliphatic heterocycles. The minimum atomic E-state index is -0.143. The van der Waals surface area contributed by atoms with Gasteiger partial charge in [0.15, 0.2) is 0 Å². The van der Waals surface area contributed by atoms with E-state index in [4.69, 9.17) is 0 Å². The van der Waals surface area contributed by atoms with Gasteiger partial charge >= 0.3 is 0 Å². The quantitative estimate of drug-likeness (QED) is 0.829. The van der Waals surface area contributed by atoms with Gasteiger partial charge in [-0.1, -0.05) is 13.8 Å². The first-order valence-electron chi connectivity index (χ1n) is 7.07. The summed E-state index contributed by atoms with van der Waals surface area (Å²) in [6, 6.07) is 6.76. The number of pyridine rings is 1. The van der Waals surface area contributed by atoms with Crippen molar-refractivity contribution in [1.29, 1.82) is 5.26 Å². The average molecular weight is 258 g/mol. The van der Waals surface area contributed by atoms with Crippen LogP contribution in [0.5, 0.6) is 0 Å². The number of nitriles is 1. The molecule has 1 aromatic heterocycles. The summed E-state index contributed by atoms with van der Waals surface area (Å²) in [5.74, 6) is 0. The highest BCUT2D eigenvalue weighted by atomic mass is 15.3. The fourth-order valence-electron chi connectivity index (χ4n) is 2.87. The summed E-state index contributed by atoms with van der Waals surface area (Å²) in [6.45, 7) is 8.53. The molecule has 0 amide bonds. The Hall–Kier alpha value is -1.44. The van der Waals surface area contributed by atoms with E-state index < -0.39 is 0 Å². The monoisotopic (exact) mass is 258 g/mol. The molecule has 4 nitrogen and oxygen atoms in total. The van der Waals surface area contributed by atoms with E-state index >= 15 is 0 Å². The summed E-state index contributed by atoms with van der Waals surface area (Å²) in [7, 11) is 0. The second-order valence-electron chi connectivity index (χ2n) is 5.00. The van der Waals surface area contributed by atoms with Crippen LogP contribution >= 0.6 is 0 Å². The Morgan fingerprint density at radius 1 is 1.37 bits per heavy atom. The molecule has 0 radical (unpaired) electrons. The summed E-state index contributed by atoms with van der Waals surface area (Å²) in [6.07, 6.45) is 4.66. The highest BCUT2D eigenvalue weighted by Gasteiger charge is 2.29. The molecule has 0 saturated carbocycles. The summed E-state index contributed by atoms with van der Waals surface area (Å²) in [4.78, 5) is 8.84. The van der Waals surface area contributed by atoms with Gasteiger partial charge in [-0.2, -0.15) is 5.26 Å². The van der Waals surface area contributed by atoms with Crippen molar-refractivity contribution in [3.05, 3.63) is 30.1 Å². The maximum Gasteiger partial charge on any atom is 0.124 e. The molecule has 2 atom stereocenters. The third-order valence-electron chi connectivity index (χ3n) is 4.02. The lowest BCUT2D eigenvalue weighted by atomic mass is 10.0. The van der Waals surface area contributed by atoms with Gasteiger partial charge in [0, 0.05) is 38.1 Å². The zero-order valence-electron chi connectivity index (χ0n) is 11.8. The lowest BCUT2D eigenvalue weighted by Crippen LogP contribution is -2.53. The van der Waals surface area contributed by atoms with Crippen molar-refractivity contribution in [1.82, 2.24) is 14.8 Å². The Bertz CT molecular complexity index is 426. The maximum atomic E-state index is 9.49. The zero-order chi connectivity index (χ0) is 13.7. The van der Waals surface area contributed by atoms with Gasteiger partial charge in [-0.15, -0.1) is 0 Å². The number of aromatic nitrogens is 1. The smallest absolute Gasteiger partial charge is 0.124 e. The normalized spacial score (nSPS) is 22.9. The molecule has 2 rings (SSSR count). The van der Waals surface area contributed by atoms with Crippen molar-refractivity contribution >= 4 is 0 Å². The molecule has 1 fully saturated rings. The lowest BCUT2D eigenvalue weighted by molar-refractivity contribution is 0.0623. The van der Waals surface area contributed by atoms with Crippen molar-refractivity contribution in [3.8, 4) is 6.07 Å². The van der Waals surface area contributed by atoms with E-state index in [1.165, 1.54) is 0 Å². The predicted octanol–water partition coefficient (Wildman–Crippen LogP) is 2.06. The topological polar surface area (TPSA) is 43.2 Å². The van der Waals surface area contributed by atoms with Crippen LogP contribution in [-0.4, -0.2) is 47.0 Å². The first-order chi connectivity index (χ1) is 9.30. The molecular weight excluding hydrogens is 236 g/mol. The van der Waals surface area contributed by atoms with Gasteiger partial charge < -0.3 is 0 Å². The molecule has 0 N–H and O–H groups in total. The molecule has 102 valence electrons. The van der Waals surface area contributed by atoms with E-state index in [0.717, 1.165) is 38.2 Å². The Labute approximate surface area is 115 Å². The first-order valence-corrected chi connectivity index (χ1v) is 7.07. The number of hydrogen-bond acceptors (Lipinski definition) is 4. The van der Waals surface area contributed by atoms with Crippen molar-refractivity contribution in [2.75, 3.05) is 26.2 Å². The van der Waals surface area contributed by atoms with Crippen LogP contribution in [0.25, 0.3) is 0 Å². The summed E-state index contributed by atoms with van der Waals surface area (Å²) >= 11 is 0. The summed E-state index contributed by atoms with van der Waals surface area (Å²) in [5.41, 5.74) is 1.05. The number of piperazine rings is 1. The number of rotatable bonds is 4. The van der Waals surface area contributed by atoms with Crippen molar-refractivity contribution < 1.29 is 0 Å². The van der Waals surface area contributed by atoms with E-state index in [1.807, 2.05) is 12.1 Å². The van der Waals surface area contributed by atoms with Gasteiger partial charge in [-0.05, 0) is 30.7 Å². The van der Waals surface area contributed by atoms with Crippen LogP contribution < -0.4 is 0 Å². The summed E-state index contributed by atoms with van der Waals surface area (Å²) in [5, 5.41) is 9.49. The fourth-order valence-corrected chi connectivity index (χ4v) is 2.87. The van der Waals surface area contributed by atoms with E-state index in [-0.39, 0.29) is 6.04 Å². The van der Waals surface area contributed by atoms with Gasteiger partial charge in [-0.3, -0.25) is 14.8 Å². The Morgan fingerprint density at radius 3 is 2.68 bits per heavy atom. The molecule has 1 aliphatic rings. The van der Waals surface area contributed by atoms with Crippen molar-refractivity contribution in [2.45, 2.75) is 32.4 Å². The van der Waals surface area contributed by atoms with Crippen LogP contribution in [0, 0.1) is 11.3 Å². The molecule has 0 aliphatic carbocycles. The van der Waals surface area contributed by atoms with Crippen LogP contribution in [0.2, 0.25) is 0 Å². The second kappa shape index (κ2) is 6.65. The van der Waals surface area contributed by atoms with E-state index in [9.17, 15) is 5.26 Å². The average Bonchev–Trinajstić information content (AvgIpc) is 2.49. The minimum absolute atomic E-state index is 0.143. The van der Waals surface area contributed by atoms with Crippen molar-refractivity contribution in [3.63, 3.8) is 0 Å². The second-order valence-corrected chi connectivity index (χ2v) is 5.00. The van der Waals surface area contributed by atoms with Crippen LogP contribution in [0.4, 0.5) is 0 Å². The van der Waals surface area contributed by atoms with Crippen LogP contribution in [0.3, 0.4) is 0 Å². The first kappa shape index (κ1) is 14.0. The molecule has 2 unspecified atom stereocenters. The van der Waals surface area contributed by atoms with Gasteiger partial charge in [-0.25, -0.2) is 0 Å². The van der Waals surface area contributed by atoms with Crippen LogP contribution in [0.1, 0.15) is 31.9 Å². The van der Waals surface area contributed by atoms with E-state index in [2.05, 4.69) is 34.7 Å². The van der Waals surface area contributed by atoms with Gasteiger partial charge in [0.1, 0.15) is 6.04 Å². The Morgan fingerprint density at radius 2 is 2.11 bits per heavy atom. The standard InChI is InChI=1S/C15H22N4/c1-3-14-12-19(10-9-18(14)4-2)15(11-16)13-5-7-17-8-6-13/h5-8,14-15H,3-4,9-10,12H2,1-2H3. The van der Waals surface area contributed by atoms with Gasteiger partial charge in [0.2, 0.25) is 0 Å². The van der Waals surface area contributed by atoms with Crippen LogP contribution in [-0.2, 0) is 0 Å². The molecule has 2 heterocycles. The SMILES string of the molecule is CCC1CN(C(C#N)c2ccncc2)CCN1CC. The minimum Gasteiger partial charge on any atom is -0.298 e. The molecule has 1 aromatic rings. The largest absolute Gasteiger partial charge is 0.298 e. The summed E-state index contributed by atoms with van der Waals surface area (Å²) < 4.78 is 0. The third kappa shape index (κ3) is 3.12. The highest BCUT2D eigenvalue weighted by molar-refractivity contribution is 5.21. The van der Waals surface area contributed by atoms with E-state index in [0.29, 0.717) is 6.04 Å². The van der Waals surface area contributed by atoms with Crippen LogP contribution in [0.15, 0.2) is 24.5 Å². The molecule has 0 bridgehead atoms. The number of nitrogens with zero attached hydrogens (tertiary/aromatic N) is 4. The maximum absolute atomic E-state index is 9.49. The number of likely N-dealkylation sites (N-methyl/N-ethyl adjacent to an activating group) is 1. The van der Waals surface area contributed by atoms with Gasteiger partial charge in [0.05, 0.1) is 6.07 Å². The third-order valence-corrected chi connectivity index (χ3v) is 4.02. The Kier molecular flexibility index (Phi) is 4.89. The van der Waals surface area contributed by atoms with Gasteiger partial charge in [0.25, 0.3) is 0 Å². The molecule has 1 saturated heterocycles. The number of hydrogen-bond donors (Lipinski definition) is 0. The molecular formula is C15H22N4. The van der Waals surface area contributed by atoms with Crippen molar-refractivity contribution in [2.24, 2.45) is 0 Å². The fraction of sp³-hybridized carbons (Fsp3) is 0.600. The molecule has 19 heavy (non-hydrogen) atoms. The zero-order valence-corrected chi connectivity index (χ0v) is 11.8. The molecule has 4 heteroatoms. The molecule has 0 aromatic carbocycles. The lowest BCUT2D eigenvalue weighted by Gasteiger charge is -2.42. The molecule has 0 spiro atoms. The predicted molar refractivity (Wildman–Crippen MR) is 75.5 cm³/mol. The van der Waals surface area contributed by atoms with E-state index in [1.54, 1.807) is 12.4 Å². The highest BCUT2D eigenvalue weighted by Crippen LogP contribution is 2.23.